The zero-order valence-electron chi connectivity index (χ0n) is 37.5. The lowest BCUT2D eigenvalue weighted by Crippen LogP contribution is -2.59. The maximum absolute atomic E-state index is 14.7. The van der Waals surface area contributed by atoms with E-state index in [1.54, 1.807) is 10.3 Å². The Balaban J connectivity index is 1.84. The van der Waals surface area contributed by atoms with Gasteiger partial charge in [0.15, 0.2) is 0 Å². The molecule has 17 heteroatoms. The fourth-order valence-corrected chi connectivity index (χ4v) is 7.87. The Hall–Kier alpha value is -4.16. The van der Waals surface area contributed by atoms with Gasteiger partial charge in [-0.25, -0.2) is 15.2 Å². The molecule has 1 aliphatic rings. The van der Waals surface area contributed by atoms with Crippen LogP contribution in [0.5, 0.6) is 0 Å². The smallest absolute Gasteiger partial charge is 0.426 e. The van der Waals surface area contributed by atoms with Crippen LogP contribution in [0.4, 0.5) is 4.79 Å². The second-order valence-electron chi connectivity index (χ2n) is 15.8. The largest absolute Gasteiger partial charge is 0.446 e. The van der Waals surface area contributed by atoms with Gasteiger partial charge >= 0.3 is 6.09 Å². The van der Waals surface area contributed by atoms with E-state index in [-0.39, 0.29) is 67.8 Å². The number of hydrogen-bond donors (Lipinski definition) is 4. The Kier molecular flexibility index (Phi) is 23.3. The molecule has 0 aliphatic carbocycles. The summed E-state index contributed by atoms with van der Waals surface area (Å²) in [7, 11) is 1.95. The minimum Gasteiger partial charge on any atom is -0.446 e. The second kappa shape index (κ2) is 27.7. The molecule has 61 heavy (non-hydrogen) atoms. The number of carbonyl (C=O) groups excluding carboxylic acids is 5. The van der Waals surface area contributed by atoms with E-state index in [1.165, 1.54) is 11.3 Å². The van der Waals surface area contributed by atoms with Gasteiger partial charge in [-0.15, -0.1) is 11.3 Å². The molecular weight excluding hydrogens is 803 g/mol. The number of rotatable bonds is 26. The van der Waals surface area contributed by atoms with Gasteiger partial charge < -0.3 is 34.5 Å². The molecule has 1 aliphatic heterocycles. The molecule has 0 unspecified atom stereocenters. The maximum Gasteiger partial charge on any atom is 0.426 e. The second-order valence-corrected chi connectivity index (χ2v) is 16.7. The van der Waals surface area contributed by atoms with E-state index >= 15 is 0 Å². The van der Waals surface area contributed by atoms with Crippen LogP contribution in [0.25, 0.3) is 0 Å². The van der Waals surface area contributed by atoms with Crippen molar-refractivity contribution in [1.82, 2.24) is 36.3 Å². The number of ether oxygens (including phenoxy) is 4. The molecule has 2 aromatic rings. The first-order valence-corrected chi connectivity index (χ1v) is 22.8. The van der Waals surface area contributed by atoms with E-state index in [4.69, 9.17) is 23.9 Å². The number of carbonyl (C=O) groups is 5. The standard InChI is InChI=1S/C44H71N7O9S/c1-9-22-58-24-25-60-44(56)49-48-40(53)33(26-32-18-14-13-15-19-32)45-39(52)34-28-61-42(46-34)37(59-23-10-2)27-36(30(5)6)51(29-57-12-4)43(55)38(31(7)11-3)47-41(54)35-20-16-17-21-50(35)8/h13-15,18-19,28,30-31,33,35-38H,9-12,16-17,20-27,29H2,1-8H3,(H,45,52)(H,47,54)(H,48,53)(H,49,56)/t31-,33-,35+,36+,37+,38-/m0/s1. The van der Waals surface area contributed by atoms with E-state index in [0.717, 1.165) is 44.2 Å². The molecule has 0 spiro atoms. The molecule has 342 valence electrons. The summed E-state index contributed by atoms with van der Waals surface area (Å²) >= 11 is 1.26. The molecule has 1 aromatic carbocycles. The third-order valence-corrected chi connectivity index (χ3v) is 11.7. The quantitative estimate of drug-likeness (QED) is 0.0539. The van der Waals surface area contributed by atoms with Crippen LogP contribution in [0.2, 0.25) is 0 Å². The van der Waals surface area contributed by atoms with Crippen LogP contribution < -0.4 is 21.5 Å². The Morgan fingerprint density at radius 1 is 0.918 bits per heavy atom. The highest BCUT2D eigenvalue weighted by Gasteiger charge is 2.38. The maximum atomic E-state index is 14.7. The molecule has 4 N–H and O–H groups in total. The number of likely N-dealkylation sites (N-methyl/N-ethyl adjacent to an activating group) is 1. The molecule has 0 radical (unpaired) electrons. The lowest BCUT2D eigenvalue weighted by atomic mass is 9.92. The molecule has 1 saturated heterocycles. The van der Waals surface area contributed by atoms with E-state index in [0.29, 0.717) is 37.7 Å². The van der Waals surface area contributed by atoms with Crippen molar-refractivity contribution in [3.8, 4) is 0 Å². The van der Waals surface area contributed by atoms with Crippen molar-refractivity contribution >= 4 is 41.1 Å². The van der Waals surface area contributed by atoms with Crippen molar-refractivity contribution in [1.29, 1.82) is 0 Å². The first-order valence-electron chi connectivity index (χ1n) is 22.0. The van der Waals surface area contributed by atoms with Gasteiger partial charge in [-0.1, -0.05) is 84.7 Å². The van der Waals surface area contributed by atoms with Crippen LogP contribution in [0.3, 0.4) is 0 Å². The summed E-state index contributed by atoms with van der Waals surface area (Å²) in [6.45, 7) is 16.4. The van der Waals surface area contributed by atoms with E-state index in [2.05, 4.69) is 26.4 Å². The van der Waals surface area contributed by atoms with E-state index in [9.17, 15) is 24.0 Å². The number of piperidine rings is 1. The average molecular weight is 874 g/mol. The number of nitrogens with zero attached hydrogens (tertiary/aromatic N) is 3. The number of hydrazine groups is 1. The summed E-state index contributed by atoms with van der Waals surface area (Å²) in [5.41, 5.74) is 5.45. The molecule has 2 heterocycles. The molecule has 6 atom stereocenters. The van der Waals surface area contributed by atoms with Crippen LogP contribution in [0, 0.1) is 11.8 Å². The number of hydrogen-bond acceptors (Lipinski definition) is 12. The Morgan fingerprint density at radius 3 is 2.31 bits per heavy atom. The van der Waals surface area contributed by atoms with Crippen molar-refractivity contribution in [3.63, 3.8) is 0 Å². The highest BCUT2D eigenvalue weighted by atomic mass is 32.1. The fraction of sp³-hybridized carbons (Fsp3) is 0.682. The molecular formula is C44H71N7O9S. The van der Waals surface area contributed by atoms with Gasteiger partial charge in [-0.3, -0.25) is 29.5 Å². The van der Waals surface area contributed by atoms with Gasteiger partial charge in [0.05, 0.1) is 12.6 Å². The number of nitrogens with one attached hydrogen (secondary N) is 4. The van der Waals surface area contributed by atoms with Crippen LogP contribution in [-0.2, 0) is 39.8 Å². The number of benzene rings is 1. The van der Waals surface area contributed by atoms with Crippen LogP contribution in [0.1, 0.15) is 121 Å². The predicted molar refractivity (Wildman–Crippen MR) is 234 cm³/mol. The highest BCUT2D eigenvalue weighted by molar-refractivity contribution is 7.09. The summed E-state index contributed by atoms with van der Waals surface area (Å²) in [4.78, 5) is 76.3. The summed E-state index contributed by atoms with van der Waals surface area (Å²) in [5.74, 6) is -1.78. The van der Waals surface area contributed by atoms with Gasteiger partial charge in [0, 0.05) is 44.1 Å². The lowest BCUT2D eigenvalue weighted by Gasteiger charge is -2.40. The zero-order chi connectivity index (χ0) is 44.7. The monoisotopic (exact) mass is 874 g/mol. The van der Waals surface area contributed by atoms with E-state index in [1.807, 2.05) is 85.8 Å². The van der Waals surface area contributed by atoms with Crippen molar-refractivity contribution in [3.05, 3.63) is 52.0 Å². The SMILES string of the molecule is CCCOCCOC(=O)NNC(=O)[C@H](Cc1ccccc1)NC(=O)c1csc([C@@H](C[C@H](C(C)C)N(COCC)C(=O)[C@@H](NC(=O)[C@H]2CCCCN2C)[C@@H](C)CC)OCCC)n1. The summed E-state index contributed by atoms with van der Waals surface area (Å²) < 4.78 is 22.7. The average Bonchev–Trinajstić information content (AvgIpc) is 3.75. The predicted octanol–water partition coefficient (Wildman–Crippen LogP) is 5.39. The molecule has 3 rings (SSSR count). The van der Waals surface area contributed by atoms with Crippen LogP contribution in [-0.4, -0.2) is 122 Å². The minimum atomic E-state index is -1.08. The molecule has 1 aromatic heterocycles. The molecule has 16 nitrogen and oxygen atoms in total. The number of aromatic nitrogens is 1. The summed E-state index contributed by atoms with van der Waals surface area (Å²) in [6.07, 6.45) is 4.02. The molecule has 0 bridgehead atoms. The van der Waals surface area contributed by atoms with Crippen LogP contribution in [0.15, 0.2) is 35.7 Å². The Bertz CT molecular complexity index is 1630. The lowest BCUT2D eigenvalue weighted by molar-refractivity contribution is -0.149. The van der Waals surface area contributed by atoms with Gasteiger partial charge in [0.2, 0.25) is 11.8 Å². The van der Waals surface area contributed by atoms with Gasteiger partial charge in [0.1, 0.15) is 42.2 Å². The fourth-order valence-electron chi connectivity index (χ4n) is 7.02. The van der Waals surface area contributed by atoms with Gasteiger partial charge in [-0.2, -0.15) is 0 Å². The van der Waals surface area contributed by atoms with Crippen molar-refractivity contribution < 1.29 is 42.9 Å². The first kappa shape index (κ1) is 51.2. The van der Waals surface area contributed by atoms with Crippen molar-refractivity contribution in [2.24, 2.45) is 11.8 Å². The highest BCUT2D eigenvalue weighted by Crippen LogP contribution is 2.32. The van der Waals surface area contributed by atoms with Crippen molar-refractivity contribution in [2.75, 3.05) is 53.4 Å². The van der Waals surface area contributed by atoms with Gasteiger partial charge in [-0.05, 0) is 63.6 Å². The number of amides is 5. The first-order chi connectivity index (χ1) is 29.3. The van der Waals surface area contributed by atoms with Crippen LogP contribution >= 0.6 is 11.3 Å². The molecule has 0 saturated carbocycles. The zero-order valence-corrected chi connectivity index (χ0v) is 38.4. The van der Waals surface area contributed by atoms with Crippen molar-refractivity contribution in [2.45, 2.75) is 130 Å². The van der Waals surface area contributed by atoms with E-state index < -0.39 is 36.1 Å². The number of thiazole rings is 1. The topological polar surface area (TPSA) is 190 Å². The third kappa shape index (κ3) is 16.9. The Morgan fingerprint density at radius 2 is 1.66 bits per heavy atom. The molecule has 5 amide bonds. The Labute approximate surface area is 366 Å². The third-order valence-electron chi connectivity index (χ3n) is 10.7. The normalized spacial score (nSPS) is 16.8. The minimum absolute atomic E-state index is 0.00889. The summed E-state index contributed by atoms with van der Waals surface area (Å²) in [5, 5.41) is 8.09. The number of likely N-dealkylation sites (tertiary alicyclic amines) is 1. The molecule has 1 fully saturated rings. The van der Waals surface area contributed by atoms with Gasteiger partial charge in [0.25, 0.3) is 11.8 Å². The summed E-state index contributed by atoms with van der Waals surface area (Å²) in [6, 6.07) is 6.66.